The number of piperidine rings is 1. The molecule has 0 unspecified atom stereocenters. The molecular weight excluding hydrogens is 550 g/mol. The second kappa shape index (κ2) is 11.0. The number of anilines is 3. The van der Waals surface area contributed by atoms with Gasteiger partial charge in [-0.2, -0.15) is 8.42 Å². The third-order valence-corrected chi connectivity index (χ3v) is 9.01. The van der Waals surface area contributed by atoms with Crippen molar-refractivity contribution in [1.82, 2.24) is 23.7 Å². The average molecular weight is 582 g/mol. The lowest BCUT2D eigenvalue weighted by Crippen LogP contribution is -2.52. The number of halogens is 1. The summed E-state index contributed by atoms with van der Waals surface area (Å²) in [6.45, 7) is 6.73. The predicted molar refractivity (Wildman–Crippen MR) is 159 cm³/mol. The van der Waals surface area contributed by atoms with Crippen molar-refractivity contribution in [2.45, 2.75) is 18.9 Å². The van der Waals surface area contributed by atoms with Gasteiger partial charge in [0.05, 0.1) is 22.4 Å². The zero-order valence-electron chi connectivity index (χ0n) is 22.2. The van der Waals surface area contributed by atoms with Crippen molar-refractivity contribution in [2.75, 3.05) is 56.5 Å². The molecule has 2 N–H and O–H groups in total. The second-order valence-electron chi connectivity index (χ2n) is 10.5. The van der Waals surface area contributed by atoms with Gasteiger partial charge in [-0.3, -0.25) is 9.45 Å². The summed E-state index contributed by atoms with van der Waals surface area (Å²) in [6.07, 6.45) is 5.16. The molecule has 2 aromatic heterocycles. The molecule has 0 bridgehead atoms. The van der Waals surface area contributed by atoms with Crippen molar-refractivity contribution >= 4 is 50.1 Å². The Bertz CT molecular complexity index is 1610. The van der Waals surface area contributed by atoms with Gasteiger partial charge < -0.3 is 15.1 Å². The molecule has 0 amide bonds. The molecule has 2 fully saturated rings. The standard InChI is InChI=1S/C28H32ClN7O3S/c1-33-14-16-35(17-15-33)22-10-12-34(13-11-22)21-8-6-20(7-9-21)31-28-30-18-25(29)27(32-28)24-19-36(40(37,38)39)26-5-3-2-4-23(24)26/h2-9,18-19,22H,10-17H2,1H3,(H,30,31,32)(H,37,38,39). The first-order chi connectivity index (χ1) is 19.3. The lowest BCUT2D eigenvalue weighted by Gasteiger charge is -2.42. The van der Waals surface area contributed by atoms with Crippen LogP contribution in [-0.2, 0) is 10.3 Å². The van der Waals surface area contributed by atoms with E-state index >= 15 is 0 Å². The van der Waals surface area contributed by atoms with Crippen molar-refractivity contribution in [2.24, 2.45) is 0 Å². The van der Waals surface area contributed by atoms with E-state index < -0.39 is 10.3 Å². The van der Waals surface area contributed by atoms with E-state index in [4.69, 9.17) is 11.6 Å². The normalized spacial score (nSPS) is 17.9. The zero-order valence-corrected chi connectivity index (χ0v) is 23.8. The number of benzene rings is 2. The highest BCUT2D eigenvalue weighted by Crippen LogP contribution is 2.35. The van der Waals surface area contributed by atoms with E-state index in [0.717, 1.165) is 35.8 Å². The molecule has 2 aliphatic heterocycles. The molecular formula is C28H32ClN7O3S. The molecule has 2 aliphatic rings. The molecule has 0 saturated carbocycles. The van der Waals surface area contributed by atoms with E-state index in [0.29, 0.717) is 34.2 Å². The van der Waals surface area contributed by atoms with Crippen LogP contribution in [0, 0.1) is 0 Å². The first-order valence-electron chi connectivity index (χ1n) is 13.4. The number of piperazine rings is 1. The minimum atomic E-state index is -4.51. The molecule has 0 spiro atoms. The largest absolute Gasteiger partial charge is 0.371 e. The summed E-state index contributed by atoms with van der Waals surface area (Å²) in [5.41, 5.74) is 3.17. The van der Waals surface area contributed by atoms with Gasteiger partial charge in [-0.05, 0) is 50.2 Å². The number of nitrogens with zero attached hydrogens (tertiary/aromatic N) is 6. The minimum Gasteiger partial charge on any atom is -0.371 e. The molecule has 0 aliphatic carbocycles. The molecule has 10 nitrogen and oxygen atoms in total. The fraction of sp³-hybridized carbons (Fsp3) is 0.357. The zero-order chi connectivity index (χ0) is 27.9. The SMILES string of the molecule is CN1CCN(C2CCN(c3ccc(Nc4ncc(Cl)c(-c5cn(S(=O)(=O)O)c6ccccc56)n4)cc3)CC2)CC1. The summed E-state index contributed by atoms with van der Waals surface area (Å²) in [5, 5.41) is 4.08. The first-order valence-corrected chi connectivity index (χ1v) is 15.2. The van der Waals surface area contributed by atoms with Crippen LogP contribution in [0.1, 0.15) is 12.8 Å². The average Bonchev–Trinajstić information content (AvgIpc) is 3.35. The number of aromatic nitrogens is 3. The summed E-state index contributed by atoms with van der Waals surface area (Å²) in [7, 11) is -2.31. The Morgan fingerprint density at radius 2 is 1.68 bits per heavy atom. The van der Waals surface area contributed by atoms with Gasteiger partial charge in [-0.1, -0.05) is 29.8 Å². The molecule has 12 heteroatoms. The van der Waals surface area contributed by atoms with Crippen LogP contribution in [0.3, 0.4) is 0 Å². The first kappa shape index (κ1) is 27.0. The molecule has 210 valence electrons. The lowest BCUT2D eigenvalue weighted by atomic mass is 10.0. The Morgan fingerprint density at radius 1 is 0.975 bits per heavy atom. The van der Waals surface area contributed by atoms with Crippen LogP contribution < -0.4 is 10.2 Å². The molecule has 40 heavy (non-hydrogen) atoms. The third kappa shape index (κ3) is 5.52. The van der Waals surface area contributed by atoms with Crippen molar-refractivity contribution in [1.29, 1.82) is 0 Å². The monoisotopic (exact) mass is 581 g/mol. The lowest BCUT2D eigenvalue weighted by molar-refractivity contribution is 0.0982. The second-order valence-corrected chi connectivity index (χ2v) is 12.1. The Hall–Kier alpha value is -3.22. The number of likely N-dealkylation sites (N-methyl/N-ethyl adjacent to an activating group) is 1. The van der Waals surface area contributed by atoms with E-state index in [9.17, 15) is 13.0 Å². The van der Waals surface area contributed by atoms with Crippen LogP contribution in [0.5, 0.6) is 0 Å². The molecule has 0 radical (unpaired) electrons. The number of nitrogens with one attached hydrogen (secondary N) is 1. The van der Waals surface area contributed by atoms with Gasteiger partial charge in [0.1, 0.15) is 0 Å². The molecule has 4 aromatic rings. The van der Waals surface area contributed by atoms with E-state index in [1.807, 2.05) is 12.1 Å². The highest BCUT2D eigenvalue weighted by atomic mass is 35.5. The summed E-state index contributed by atoms with van der Waals surface area (Å²) < 4.78 is 34.4. The molecule has 2 saturated heterocycles. The summed E-state index contributed by atoms with van der Waals surface area (Å²) >= 11 is 6.45. The van der Waals surface area contributed by atoms with Crippen LogP contribution in [0.25, 0.3) is 22.2 Å². The minimum absolute atomic E-state index is 0.263. The Labute approximate surface area is 239 Å². The maximum atomic E-state index is 12.0. The third-order valence-electron chi connectivity index (χ3n) is 7.93. The maximum Gasteiger partial charge on any atom is 0.363 e. The summed E-state index contributed by atoms with van der Waals surface area (Å²) in [4.78, 5) is 16.4. The smallest absolute Gasteiger partial charge is 0.363 e. The highest BCUT2D eigenvalue weighted by molar-refractivity contribution is 7.84. The van der Waals surface area contributed by atoms with Crippen LogP contribution in [0.2, 0.25) is 5.02 Å². The van der Waals surface area contributed by atoms with Crippen LogP contribution in [-0.4, -0.2) is 89.1 Å². The van der Waals surface area contributed by atoms with E-state index in [-0.39, 0.29) is 5.02 Å². The maximum absolute atomic E-state index is 12.0. The van der Waals surface area contributed by atoms with Crippen LogP contribution in [0.4, 0.5) is 17.3 Å². The molecule has 4 heterocycles. The van der Waals surface area contributed by atoms with Crippen molar-refractivity contribution in [3.05, 3.63) is 65.9 Å². The summed E-state index contributed by atoms with van der Waals surface area (Å²) in [5.74, 6) is 0.323. The van der Waals surface area contributed by atoms with Gasteiger partial charge in [-0.25, -0.2) is 13.9 Å². The Kier molecular flexibility index (Phi) is 7.41. The van der Waals surface area contributed by atoms with Gasteiger partial charge in [0, 0.05) is 73.8 Å². The van der Waals surface area contributed by atoms with Gasteiger partial charge in [0.15, 0.2) is 0 Å². The number of hydrogen-bond acceptors (Lipinski definition) is 8. The van der Waals surface area contributed by atoms with Crippen molar-refractivity contribution in [3.63, 3.8) is 0 Å². The van der Waals surface area contributed by atoms with Gasteiger partial charge in [0.2, 0.25) is 5.95 Å². The van der Waals surface area contributed by atoms with Gasteiger partial charge in [-0.15, -0.1) is 0 Å². The number of para-hydroxylation sites is 1. The fourth-order valence-electron chi connectivity index (χ4n) is 5.71. The number of hydrogen-bond donors (Lipinski definition) is 2. The van der Waals surface area contributed by atoms with Gasteiger partial charge >= 0.3 is 10.3 Å². The number of rotatable bonds is 6. The quantitative estimate of drug-likeness (QED) is 0.321. The van der Waals surface area contributed by atoms with Crippen LogP contribution >= 0.6 is 11.6 Å². The van der Waals surface area contributed by atoms with Crippen LogP contribution in [0.15, 0.2) is 60.9 Å². The van der Waals surface area contributed by atoms with Gasteiger partial charge in [0.25, 0.3) is 0 Å². The fourth-order valence-corrected chi connectivity index (χ4v) is 6.55. The summed E-state index contributed by atoms with van der Waals surface area (Å²) in [6, 6.07) is 15.7. The molecule has 0 atom stereocenters. The van der Waals surface area contributed by atoms with Crippen molar-refractivity contribution < 1.29 is 13.0 Å². The van der Waals surface area contributed by atoms with Crippen molar-refractivity contribution in [3.8, 4) is 11.3 Å². The molecule has 6 rings (SSSR count). The topological polar surface area (TPSA) is 107 Å². The Morgan fingerprint density at radius 3 is 2.38 bits per heavy atom. The van der Waals surface area contributed by atoms with E-state index in [1.165, 1.54) is 44.0 Å². The predicted octanol–water partition coefficient (Wildman–Crippen LogP) is 4.36. The van der Waals surface area contributed by atoms with E-state index in [2.05, 4.69) is 49.2 Å². The highest BCUT2D eigenvalue weighted by Gasteiger charge is 2.27. The van der Waals surface area contributed by atoms with E-state index in [1.54, 1.807) is 24.3 Å². The molecule has 2 aromatic carbocycles. The number of fused-ring (bicyclic) bond motifs is 1. The Balaban J connectivity index is 1.16.